The first-order valence-electron chi connectivity index (χ1n) is 10.6. The normalized spacial score (nSPS) is 14.3. The number of aliphatic hydroxyl groups is 1. The summed E-state index contributed by atoms with van der Waals surface area (Å²) in [7, 11) is 0. The van der Waals surface area contributed by atoms with Crippen LogP contribution in [0.25, 0.3) is 11.2 Å². The third-order valence-electron chi connectivity index (χ3n) is 5.42. The minimum absolute atomic E-state index is 0.00882. The number of unbranched alkanes of at least 4 members (excludes halogenated alkanes) is 4. The minimum atomic E-state index is -0.879. The van der Waals surface area contributed by atoms with Crippen LogP contribution in [-0.4, -0.2) is 38.0 Å². The van der Waals surface area contributed by atoms with Crippen molar-refractivity contribution in [2.45, 2.75) is 44.6 Å². The van der Waals surface area contributed by atoms with Crippen molar-refractivity contribution >= 4 is 39.6 Å². The van der Waals surface area contributed by atoms with Gasteiger partial charge in [-0.25, -0.2) is 4.98 Å². The summed E-state index contributed by atoms with van der Waals surface area (Å²) in [5.41, 5.74) is 7.75. The Morgan fingerprint density at radius 1 is 1.12 bits per heavy atom. The van der Waals surface area contributed by atoms with Crippen LogP contribution in [-0.2, 0) is 16.0 Å². The van der Waals surface area contributed by atoms with Crippen LogP contribution in [0.4, 0.5) is 10.2 Å². The Morgan fingerprint density at radius 2 is 1.91 bits per heavy atom. The van der Waals surface area contributed by atoms with Gasteiger partial charge < -0.3 is 24.9 Å². The van der Waals surface area contributed by atoms with Gasteiger partial charge in [-0.15, -0.1) is 0 Å². The van der Waals surface area contributed by atoms with Crippen LogP contribution in [0.15, 0.2) is 36.3 Å². The standard InChI is InChI=1S/C22H25FIN5O3/c23-22-27-19(25)18-21(28-22)29(10-6-2-1-3-7-11-30)20(26-18)17(16-12-31-13-32-16)14-8-4-5-9-15(14)24/h4-5,8-9,12,17,30H,1-3,6-7,10-11,13H2,(H2,25,27,28). The predicted molar refractivity (Wildman–Crippen MR) is 126 cm³/mol. The Hall–Kier alpha value is -2.47. The number of nitrogens with two attached hydrogens (primary N) is 1. The Balaban J connectivity index is 1.78. The summed E-state index contributed by atoms with van der Waals surface area (Å²) in [6, 6.07) is 7.96. The molecule has 0 saturated carbocycles. The van der Waals surface area contributed by atoms with Crippen LogP contribution in [0.3, 0.4) is 0 Å². The lowest BCUT2D eigenvalue weighted by Gasteiger charge is -2.20. The molecule has 3 heterocycles. The van der Waals surface area contributed by atoms with Crippen LogP contribution < -0.4 is 5.73 Å². The van der Waals surface area contributed by atoms with Gasteiger partial charge in [0.1, 0.15) is 23.8 Å². The Labute approximate surface area is 198 Å². The van der Waals surface area contributed by atoms with E-state index in [9.17, 15) is 4.39 Å². The van der Waals surface area contributed by atoms with Crippen molar-refractivity contribution in [3.8, 4) is 0 Å². The first-order chi connectivity index (χ1) is 15.6. The Bertz CT molecular complexity index is 1120. The summed E-state index contributed by atoms with van der Waals surface area (Å²) in [4.78, 5) is 12.5. The first-order valence-corrected chi connectivity index (χ1v) is 11.7. The highest BCUT2D eigenvalue weighted by atomic mass is 127. The average Bonchev–Trinajstić information content (AvgIpc) is 3.42. The molecular formula is C22H25FIN5O3. The van der Waals surface area contributed by atoms with Crippen molar-refractivity contribution in [2.75, 3.05) is 19.1 Å². The molecule has 8 nitrogen and oxygen atoms in total. The van der Waals surface area contributed by atoms with Crippen LogP contribution in [0, 0.1) is 9.65 Å². The van der Waals surface area contributed by atoms with Crippen LogP contribution >= 0.6 is 22.6 Å². The van der Waals surface area contributed by atoms with Gasteiger partial charge in [-0.3, -0.25) is 0 Å². The molecule has 1 unspecified atom stereocenters. The number of imidazole rings is 1. The second kappa shape index (κ2) is 10.4. The molecular weight excluding hydrogens is 528 g/mol. The molecule has 170 valence electrons. The van der Waals surface area contributed by atoms with E-state index in [1.165, 1.54) is 0 Å². The molecule has 10 heteroatoms. The summed E-state index contributed by atoms with van der Waals surface area (Å²) in [6.07, 6.45) is 5.33. The van der Waals surface area contributed by atoms with E-state index in [4.69, 9.17) is 25.3 Å². The summed E-state index contributed by atoms with van der Waals surface area (Å²) >= 11 is 2.28. The fraction of sp³-hybridized carbons (Fsp3) is 0.409. The molecule has 3 N–H and O–H groups in total. The number of hydrogen-bond acceptors (Lipinski definition) is 7. The van der Waals surface area contributed by atoms with E-state index in [0.717, 1.165) is 41.2 Å². The highest BCUT2D eigenvalue weighted by molar-refractivity contribution is 14.1. The zero-order valence-electron chi connectivity index (χ0n) is 17.5. The fourth-order valence-corrected chi connectivity index (χ4v) is 4.60. The third-order valence-corrected chi connectivity index (χ3v) is 6.40. The predicted octanol–water partition coefficient (Wildman–Crippen LogP) is 4.07. The summed E-state index contributed by atoms with van der Waals surface area (Å²) in [5, 5.41) is 8.97. The van der Waals surface area contributed by atoms with Crippen LogP contribution in [0.5, 0.6) is 0 Å². The van der Waals surface area contributed by atoms with Gasteiger partial charge in [0.05, 0.1) is 0 Å². The van der Waals surface area contributed by atoms with Gasteiger partial charge in [0.15, 0.2) is 17.0 Å². The zero-order valence-corrected chi connectivity index (χ0v) is 19.7. The monoisotopic (exact) mass is 553 g/mol. The van der Waals surface area contributed by atoms with Gasteiger partial charge >= 0.3 is 6.08 Å². The maximum absolute atomic E-state index is 14.1. The molecule has 0 spiro atoms. The number of nitrogens with zero attached hydrogens (tertiary/aromatic N) is 4. The van der Waals surface area contributed by atoms with Crippen molar-refractivity contribution in [3.63, 3.8) is 0 Å². The third kappa shape index (κ3) is 4.80. The second-order valence-corrected chi connectivity index (χ2v) is 8.73. The van der Waals surface area contributed by atoms with Gasteiger partial charge in [0.2, 0.25) is 6.79 Å². The summed E-state index contributed by atoms with van der Waals surface area (Å²) < 4.78 is 28.2. The van der Waals surface area contributed by atoms with Gasteiger partial charge in [-0.1, -0.05) is 37.5 Å². The summed E-state index contributed by atoms with van der Waals surface area (Å²) in [6.45, 7) is 0.937. The number of anilines is 1. The molecule has 0 bridgehead atoms. The average molecular weight is 553 g/mol. The fourth-order valence-electron chi connectivity index (χ4n) is 3.90. The van der Waals surface area contributed by atoms with E-state index in [2.05, 4.69) is 32.6 Å². The maximum Gasteiger partial charge on any atom is 0.312 e. The lowest BCUT2D eigenvalue weighted by Crippen LogP contribution is -2.15. The number of benzene rings is 1. The Kier molecular flexibility index (Phi) is 7.40. The highest BCUT2D eigenvalue weighted by Crippen LogP contribution is 2.38. The number of ether oxygens (including phenoxy) is 2. The molecule has 3 aromatic rings. The van der Waals surface area contributed by atoms with Crippen LogP contribution in [0.2, 0.25) is 0 Å². The SMILES string of the molecule is Nc1nc(F)nc2c1nc(C(C1=COCO1)c1ccccc1I)n2CCCCCCCO. The molecule has 2 aromatic heterocycles. The summed E-state index contributed by atoms with van der Waals surface area (Å²) in [5.74, 6) is 0.926. The molecule has 1 aliphatic heterocycles. The van der Waals surface area contributed by atoms with Crippen molar-refractivity contribution in [1.82, 2.24) is 19.5 Å². The number of rotatable bonds is 10. The van der Waals surface area contributed by atoms with E-state index in [1.54, 1.807) is 6.26 Å². The second-order valence-electron chi connectivity index (χ2n) is 7.57. The number of aliphatic hydroxyl groups excluding tert-OH is 1. The molecule has 1 atom stereocenters. The Morgan fingerprint density at radius 3 is 2.66 bits per heavy atom. The lowest BCUT2D eigenvalue weighted by molar-refractivity contribution is 0.0764. The molecule has 32 heavy (non-hydrogen) atoms. The van der Waals surface area contributed by atoms with Gasteiger partial charge in [0, 0.05) is 16.7 Å². The first kappa shape index (κ1) is 22.7. The number of nitrogen functional groups attached to an aromatic ring is 1. The van der Waals surface area contributed by atoms with Crippen molar-refractivity contribution in [2.24, 2.45) is 0 Å². The van der Waals surface area contributed by atoms with E-state index < -0.39 is 6.08 Å². The molecule has 0 aliphatic carbocycles. The number of hydrogen-bond donors (Lipinski definition) is 2. The maximum atomic E-state index is 14.1. The quantitative estimate of drug-likeness (QED) is 0.221. The van der Waals surface area contributed by atoms with Gasteiger partial charge in [-0.2, -0.15) is 14.4 Å². The molecule has 4 rings (SSSR count). The smallest absolute Gasteiger partial charge is 0.312 e. The molecule has 1 aromatic carbocycles. The molecule has 0 saturated heterocycles. The van der Waals surface area contributed by atoms with Crippen molar-refractivity contribution < 1.29 is 19.0 Å². The van der Waals surface area contributed by atoms with Crippen molar-refractivity contribution in [1.29, 1.82) is 0 Å². The van der Waals surface area contributed by atoms with Crippen LogP contribution in [0.1, 0.15) is 49.4 Å². The highest BCUT2D eigenvalue weighted by Gasteiger charge is 2.32. The number of halogens is 2. The number of allylic oxidation sites excluding steroid dienone is 1. The zero-order chi connectivity index (χ0) is 22.5. The number of aryl methyl sites for hydroxylation is 1. The number of fused-ring (bicyclic) bond motifs is 1. The minimum Gasteiger partial charge on any atom is -0.462 e. The molecule has 1 aliphatic rings. The van der Waals surface area contributed by atoms with Gasteiger partial charge in [-0.05, 0) is 47.1 Å². The van der Waals surface area contributed by atoms with E-state index in [0.29, 0.717) is 29.3 Å². The van der Waals surface area contributed by atoms with Crippen molar-refractivity contribution in [3.05, 3.63) is 57.3 Å². The van der Waals surface area contributed by atoms with E-state index in [-0.39, 0.29) is 25.1 Å². The largest absolute Gasteiger partial charge is 0.462 e. The molecule has 0 fully saturated rings. The van der Waals surface area contributed by atoms with E-state index in [1.807, 2.05) is 28.8 Å². The topological polar surface area (TPSA) is 108 Å². The lowest BCUT2D eigenvalue weighted by atomic mass is 9.96. The number of aromatic nitrogens is 4. The molecule has 0 amide bonds. The molecule has 0 radical (unpaired) electrons. The van der Waals surface area contributed by atoms with E-state index >= 15 is 0 Å². The van der Waals surface area contributed by atoms with Gasteiger partial charge in [0.25, 0.3) is 0 Å².